The number of carbonyl (C=O) groups excluding carboxylic acids is 1. The minimum atomic E-state index is -0.0715. The third-order valence-electron chi connectivity index (χ3n) is 2.17. The summed E-state index contributed by atoms with van der Waals surface area (Å²) >= 11 is 0. The third kappa shape index (κ3) is 3.51. The fraction of sp³-hybridized carbons (Fsp3) is 0.889. The molecular weight excluding hydrogens is 182 g/mol. The van der Waals surface area contributed by atoms with Gasteiger partial charge in [-0.15, -0.1) is 0 Å². The van der Waals surface area contributed by atoms with E-state index in [9.17, 15) is 4.79 Å². The van der Waals surface area contributed by atoms with E-state index in [-0.39, 0.29) is 18.1 Å². The Morgan fingerprint density at radius 3 is 3.00 bits per heavy atom. The van der Waals surface area contributed by atoms with Crippen molar-refractivity contribution in [3.05, 3.63) is 0 Å². The molecule has 0 aromatic heterocycles. The lowest BCUT2D eigenvalue weighted by Gasteiger charge is -2.21. The van der Waals surface area contributed by atoms with Crippen molar-refractivity contribution in [2.24, 2.45) is 5.73 Å². The van der Waals surface area contributed by atoms with Gasteiger partial charge in [0.05, 0.1) is 12.6 Å². The summed E-state index contributed by atoms with van der Waals surface area (Å²) in [5.74, 6) is 0. The van der Waals surface area contributed by atoms with Crippen LogP contribution in [0.25, 0.3) is 0 Å². The van der Waals surface area contributed by atoms with E-state index >= 15 is 0 Å². The average molecular weight is 201 g/mol. The summed E-state index contributed by atoms with van der Waals surface area (Å²) in [5, 5.41) is 2.89. The molecule has 14 heavy (non-hydrogen) atoms. The molecule has 2 amide bonds. The van der Waals surface area contributed by atoms with Crippen LogP contribution in [-0.4, -0.2) is 49.8 Å². The quantitative estimate of drug-likeness (QED) is 0.662. The van der Waals surface area contributed by atoms with Crippen molar-refractivity contribution in [1.82, 2.24) is 10.2 Å². The first-order valence-electron chi connectivity index (χ1n) is 4.94. The van der Waals surface area contributed by atoms with E-state index in [2.05, 4.69) is 5.32 Å². The topological polar surface area (TPSA) is 67.6 Å². The Morgan fingerprint density at radius 2 is 2.50 bits per heavy atom. The molecule has 0 bridgehead atoms. The molecule has 1 fully saturated rings. The molecule has 1 rings (SSSR count). The highest BCUT2D eigenvalue weighted by molar-refractivity contribution is 5.74. The van der Waals surface area contributed by atoms with Gasteiger partial charge in [-0.05, 0) is 13.3 Å². The van der Waals surface area contributed by atoms with Crippen molar-refractivity contribution < 1.29 is 9.53 Å². The number of nitrogens with two attached hydrogens (primary N) is 1. The maximum Gasteiger partial charge on any atom is 0.317 e. The van der Waals surface area contributed by atoms with E-state index in [4.69, 9.17) is 10.5 Å². The number of rotatable bonds is 3. The molecule has 0 spiro atoms. The summed E-state index contributed by atoms with van der Waals surface area (Å²) in [6.07, 6.45) is 0.901. The number of nitrogens with one attached hydrogen (secondary N) is 1. The van der Waals surface area contributed by atoms with Crippen LogP contribution in [0.1, 0.15) is 13.3 Å². The largest absolute Gasteiger partial charge is 0.379 e. The van der Waals surface area contributed by atoms with Gasteiger partial charge in [-0.25, -0.2) is 4.79 Å². The van der Waals surface area contributed by atoms with Gasteiger partial charge in [0.1, 0.15) is 0 Å². The summed E-state index contributed by atoms with van der Waals surface area (Å²) in [6, 6.07) is 0.0985. The lowest BCUT2D eigenvalue weighted by atomic mass is 10.3. The first-order valence-corrected chi connectivity index (χ1v) is 4.94. The number of amides is 2. The minimum Gasteiger partial charge on any atom is -0.379 e. The second-order valence-corrected chi connectivity index (χ2v) is 3.87. The van der Waals surface area contributed by atoms with Gasteiger partial charge in [-0.2, -0.15) is 0 Å². The fourth-order valence-corrected chi connectivity index (χ4v) is 1.45. The van der Waals surface area contributed by atoms with Gasteiger partial charge in [0, 0.05) is 26.2 Å². The second kappa shape index (κ2) is 5.17. The Balaban J connectivity index is 2.25. The van der Waals surface area contributed by atoms with Crippen molar-refractivity contribution >= 4 is 6.03 Å². The molecule has 1 heterocycles. The van der Waals surface area contributed by atoms with Gasteiger partial charge in [-0.1, -0.05) is 0 Å². The zero-order chi connectivity index (χ0) is 10.6. The highest BCUT2D eigenvalue weighted by Gasteiger charge is 2.19. The van der Waals surface area contributed by atoms with E-state index in [1.54, 1.807) is 11.9 Å². The van der Waals surface area contributed by atoms with Gasteiger partial charge in [0.15, 0.2) is 0 Å². The van der Waals surface area contributed by atoms with Crippen LogP contribution in [0.4, 0.5) is 4.79 Å². The van der Waals surface area contributed by atoms with Crippen molar-refractivity contribution in [3.8, 4) is 0 Å². The predicted molar refractivity (Wildman–Crippen MR) is 54.0 cm³/mol. The van der Waals surface area contributed by atoms with E-state index in [1.807, 2.05) is 6.92 Å². The van der Waals surface area contributed by atoms with Crippen molar-refractivity contribution in [2.75, 3.05) is 26.8 Å². The summed E-state index contributed by atoms with van der Waals surface area (Å²) in [5.41, 5.74) is 5.59. The van der Waals surface area contributed by atoms with Gasteiger partial charge in [0.25, 0.3) is 0 Å². The lowest BCUT2D eigenvalue weighted by Crippen LogP contribution is -2.46. The van der Waals surface area contributed by atoms with Crippen LogP contribution in [0.5, 0.6) is 0 Å². The highest BCUT2D eigenvalue weighted by Crippen LogP contribution is 2.03. The number of carbonyl (C=O) groups is 1. The zero-order valence-electron chi connectivity index (χ0n) is 8.82. The predicted octanol–water partition coefficient (Wildman–Crippen LogP) is -0.236. The number of nitrogens with zero attached hydrogens (tertiary/aromatic N) is 1. The molecule has 5 nitrogen and oxygen atoms in total. The summed E-state index contributed by atoms with van der Waals surface area (Å²) in [7, 11) is 1.74. The number of ether oxygens (including phenoxy) is 1. The molecule has 0 radical (unpaired) electrons. The summed E-state index contributed by atoms with van der Waals surface area (Å²) in [4.78, 5) is 13.1. The Bertz CT molecular complexity index is 190. The number of hydrogen-bond acceptors (Lipinski definition) is 3. The highest BCUT2D eigenvalue weighted by atomic mass is 16.5. The molecule has 2 unspecified atom stereocenters. The number of hydrogen-bond donors (Lipinski definition) is 2. The van der Waals surface area contributed by atoms with Gasteiger partial charge in [0.2, 0.25) is 0 Å². The van der Waals surface area contributed by atoms with Crippen LogP contribution in [-0.2, 0) is 4.74 Å². The Kier molecular flexibility index (Phi) is 4.16. The molecule has 3 N–H and O–H groups in total. The maximum atomic E-state index is 11.5. The van der Waals surface area contributed by atoms with Crippen LogP contribution in [0.15, 0.2) is 0 Å². The van der Waals surface area contributed by atoms with Crippen molar-refractivity contribution in [1.29, 1.82) is 0 Å². The molecule has 0 aromatic carbocycles. The molecule has 0 aromatic rings. The van der Waals surface area contributed by atoms with Gasteiger partial charge >= 0.3 is 6.03 Å². The average Bonchev–Trinajstić information content (AvgIpc) is 2.55. The maximum absolute atomic E-state index is 11.5. The fourth-order valence-electron chi connectivity index (χ4n) is 1.45. The molecule has 5 heteroatoms. The van der Waals surface area contributed by atoms with Crippen molar-refractivity contribution in [3.63, 3.8) is 0 Å². The number of likely N-dealkylation sites (N-methyl/N-ethyl adjacent to an activating group) is 1. The first kappa shape index (κ1) is 11.3. The van der Waals surface area contributed by atoms with Crippen LogP contribution < -0.4 is 11.1 Å². The van der Waals surface area contributed by atoms with Crippen LogP contribution in [0, 0.1) is 0 Å². The van der Waals surface area contributed by atoms with Gasteiger partial charge in [-0.3, -0.25) is 0 Å². The summed E-state index contributed by atoms with van der Waals surface area (Å²) < 4.78 is 5.16. The van der Waals surface area contributed by atoms with Crippen LogP contribution >= 0.6 is 0 Å². The zero-order valence-corrected chi connectivity index (χ0v) is 8.82. The van der Waals surface area contributed by atoms with Crippen molar-refractivity contribution in [2.45, 2.75) is 25.4 Å². The third-order valence-corrected chi connectivity index (χ3v) is 2.17. The van der Waals surface area contributed by atoms with Crippen LogP contribution in [0.3, 0.4) is 0 Å². The number of urea groups is 1. The minimum absolute atomic E-state index is 0.00516. The molecule has 1 saturated heterocycles. The monoisotopic (exact) mass is 201 g/mol. The van der Waals surface area contributed by atoms with E-state index in [1.165, 1.54) is 0 Å². The molecule has 2 atom stereocenters. The second-order valence-electron chi connectivity index (χ2n) is 3.87. The lowest BCUT2D eigenvalue weighted by molar-refractivity contribution is 0.181. The first-order chi connectivity index (χ1) is 6.59. The SMILES string of the molecule is CC(N)CN(C)C(=O)NC1CCOC1. The van der Waals surface area contributed by atoms with Crippen LogP contribution in [0.2, 0.25) is 0 Å². The Hall–Kier alpha value is -0.810. The molecule has 1 aliphatic heterocycles. The van der Waals surface area contributed by atoms with Gasteiger partial charge < -0.3 is 20.7 Å². The molecule has 82 valence electrons. The molecule has 0 saturated carbocycles. The summed E-state index contributed by atoms with van der Waals surface area (Å²) in [6.45, 7) is 3.81. The van der Waals surface area contributed by atoms with E-state index in [0.29, 0.717) is 13.2 Å². The molecular formula is C9H19N3O2. The standard InChI is InChI=1S/C9H19N3O2/c1-7(10)5-12(2)9(13)11-8-3-4-14-6-8/h7-8H,3-6,10H2,1-2H3,(H,11,13). The Morgan fingerprint density at radius 1 is 1.79 bits per heavy atom. The Labute approximate surface area is 84.6 Å². The molecule has 1 aliphatic rings. The van der Waals surface area contributed by atoms with E-state index in [0.717, 1.165) is 13.0 Å². The molecule has 0 aliphatic carbocycles. The smallest absolute Gasteiger partial charge is 0.317 e. The van der Waals surface area contributed by atoms with E-state index < -0.39 is 0 Å². The normalized spacial score (nSPS) is 23.2.